The number of rotatable bonds is 4. The highest BCUT2D eigenvalue weighted by Gasteiger charge is 2.42. The molecule has 2 atom stereocenters. The second-order valence-electron chi connectivity index (χ2n) is 6.19. The summed E-state index contributed by atoms with van der Waals surface area (Å²) in [6, 6.07) is -0.174. The molecule has 2 unspecified atom stereocenters. The standard InChI is InChI=1S/C15H24N2O3/c18-14-9-13(16-10-12-7-4-8-20-12)15(19)17(14)11-5-2-1-3-6-11/h11-13,16H,1-10H2. The van der Waals surface area contributed by atoms with Crippen LogP contribution in [-0.2, 0) is 14.3 Å². The average molecular weight is 280 g/mol. The first-order valence-corrected chi connectivity index (χ1v) is 7.96. The van der Waals surface area contributed by atoms with Gasteiger partial charge in [0, 0.05) is 19.2 Å². The highest BCUT2D eigenvalue weighted by Crippen LogP contribution is 2.27. The second-order valence-corrected chi connectivity index (χ2v) is 6.19. The first kappa shape index (κ1) is 14.0. The van der Waals surface area contributed by atoms with Crippen LogP contribution < -0.4 is 5.32 Å². The van der Waals surface area contributed by atoms with Crippen LogP contribution in [0.3, 0.4) is 0 Å². The number of hydrogen-bond donors (Lipinski definition) is 1. The van der Waals surface area contributed by atoms with Crippen LogP contribution in [0.4, 0.5) is 0 Å². The highest BCUT2D eigenvalue weighted by atomic mass is 16.5. The molecule has 0 aromatic heterocycles. The van der Waals surface area contributed by atoms with Gasteiger partial charge in [0.15, 0.2) is 0 Å². The molecule has 1 aliphatic carbocycles. The van der Waals surface area contributed by atoms with Crippen LogP contribution in [0.25, 0.3) is 0 Å². The lowest BCUT2D eigenvalue weighted by molar-refractivity contribution is -0.142. The quantitative estimate of drug-likeness (QED) is 0.787. The van der Waals surface area contributed by atoms with Crippen LogP contribution >= 0.6 is 0 Å². The Morgan fingerprint density at radius 1 is 1.10 bits per heavy atom. The minimum atomic E-state index is -0.325. The maximum absolute atomic E-state index is 12.4. The third-order valence-electron chi connectivity index (χ3n) is 4.74. The molecule has 2 aliphatic heterocycles. The largest absolute Gasteiger partial charge is 0.377 e. The Bertz CT molecular complexity index is 373. The van der Waals surface area contributed by atoms with E-state index in [-0.39, 0.29) is 30.0 Å². The molecular weight excluding hydrogens is 256 g/mol. The molecule has 112 valence electrons. The lowest BCUT2D eigenvalue weighted by Gasteiger charge is -2.29. The number of likely N-dealkylation sites (tertiary alicyclic amines) is 1. The smallest absolute Gasteiger partial charge is 0.247 e. The van der Waals surface area contributed by atoms with Crippen molar-refractivity contribution < 1.29 is 14.3 Å². The molecule has 5 heteroatoms. The van der Waals surface area contributed by atoms with Crippen molar-refractivity contribution in [1.29, 1.82) is 0 Å². The van der Waals surface area contributed by atoms with Gasteiger partial charge in [0.1, 0.15) is 0 Å². The van der Waals surface area contributed by atoms with Crippen molar-refractivity contribution in [3.05, 3.63) is 0 Å². The van der Waals surface area contributed by atoms with Crippen molar-refractivity contribution in [3.8, 4) is 0 Å². The van der Waals surface area contributed by atoms with Crippen LogP contribution in [0.15, 0.2) is 0 Å². The monoisotopic (exact) mass is 280 g/mol. The number of nitrogens with zero attached hydrogens (tertiary/aromatic N) is 1. The van der Waals surface area contributed by atoms with Crippen molar-refractivity contribution in [2.75, 3.05) is 13.2 Å². The SMILES string of the molecule is O=C1CC(NCC2CCCO2)C(=O)N1C1CCCCC1. The highest BCUT2D eigenvalue weighted by molar-refractivity contribution is 6.05. The van der Waals surface area contributed by atoms with Crippen molar-refractivity contribution >= 4 is 11.8 Å². The van der Waals surface area contributed by atoms with Crippen LogP contribution in [0.5, 0.6) is 0 Å². The summed E-state index contributed by atoms with van der Waals surface area (Å²) in [4.78, 5) is 26.1. The number of imide groups is 1. The summed E-state index contributed by atoms with van der Waals surface area (Å²) in [7, 11) is 0. The van der Waals surface area contributed by atoms with E-state index < -0.39 is 0 Å². The van der Waals surface area contributed by atoms with Crippen molar-refractivity contribution in [2.24, 2.45) is 0 Å². The van der Waals surface area contributed by atoms with Gasteiger partial charge in [0.25, 0.3) is 0 Å². The van der Waals surface area contributed by atoms with Gasteiger partial charge in [0.05, 0.1) is 18.6 Å². The van der Waals surface area contributed by atoms with E-state index in [0.29, 0.717) is 13.0 Å². The van der Waals surface area contributed by atoms with Gasteiger partial charge in [-0.3, -0.25) is 14.5 Å². The molecule has 3 aliphatic rings. The van der Waals surface area contributed by atoms with Crippen molar-refractivity contribution in [2.45, 2.75) is 69.6 Å². The first-order valence-electron chi connectivity index (χ1n) is 7.96. The zero-order valence-electron chi connectivity index (χ0n) is 12.0. The van der Waals surface area contributed by atoms with Gasteiger partial charge < -0.3 is 10.1 Å². The summed E-state index contributed by atoms with van der Waals surface area (Å²) < 4.78 is 5.55. The van der Waals surface area contributed by atoms with Crippen LogP contribution in [0, 0.1) is 0 Å². The Morgan fingerprint density at radius 3 is 2.60 bits per heavy atom. The zero-order chi connectivity index (χ0) is 13.9. The van der Waals surface area contributed by atoms with Crippen LogP contribution in [-0.4, -0.2) is 48.1 Å². The van der Waals surface area contributed by atoms with Gasteiger partial charge in [-0.2, -0.15) is 0 Å². The molecule has 2 saturated heterocycles. The Labute approximate surface area is 120 Å². The number of amides is 2. The molecule has 0 bridgehead atoms. The summed E-state index contributed by atoms with van der Waals surface area (Å²) in [6.45, 7) is 1.50. The Kier molecular flexibility index (Phi) is 4.36. The second kappa shape index (κ2) is 6.22. The molecule has 20 heavy (non-hydrogen) atoms. The van der Waals surface area contributed by atoms with Gasteiger partial charge in [0.2, 0.25) is 11.8 Å². The normalized spacial score (nSPS) is 32.3. The fourth-order valence-electron chi connectivity index (χ4n) is 3.61. The van der Waals surface area contributed by atoms with E-state index in [4.69, 9.17) is 4.74 Å². The summed E-state index contributed by atoms with van der Waals surface area (Å²) in [6.07, 6.45) is 8.14. The lowest BCUT2D eigenvalue weighted by Crippen LogP contribution is -2.45. The molecule has 5 nitrogen and oxygen atoms in total. The zero-order valence-corrected chi connectivity index (χ0v) is 12.0. The van der Waals surface area contributed by atoms with E-state index in [0.717, 1.165) is 45.1 Å². The number of carbonyl (C=O) groups is 2. The Morgan fingerprint density at radius 2 is 1.90 bits per heavy atom. The molecule has 1 N–H and O–H groups in total. The van der Waals surface area contributed by atoms with Gasteiger partial charge in [-0.15, -0.1) is 0 Å². The maximum Gasteiger partial charge on any atom is 0.247 e. The van der Waals surface area contributed by atoms with Crippen LogP contribution in [0.2, 0.25) is 0 Å². The predicted molar refractivity (Wildman–Crippen MR) is 74.1 cm³/mol. The third-order valence-corrected chi connectivity index (χ3v) is 4.74. The van der Waals surface area contributed by atoms with Gasteiger partial charge in [-0.1, -0.05) is 19.3 Å². The van der Waals surface area contributed by atoms with E-state index in [1.54, 1.807) is 4.90 Å². The van der Waals surface area contributed by atoms with E-state index in [9.17, 15) is 9.59 Å². The van der Waals surface area contributed by atoms with Gasteiger partial charge >= 0.3 is 0 Å². The Hall–Kier alpha value is -0.940. The predicted octanol–water partition coefficient (Wildman–Crippen LogP) is 1.22. The van der Waals surface area contributed by atoms with Gasteiger partial charge in [-0.05, 0) is 25.7 Å². The first-order chi connectivity index (χ1) is 9.75. The number of ether oxygens (including phenoxy) is 1. The fraction of sp³-hybridized carbons (Fsp3) is 0.867. The van der Waals surface area contributed by atoms with E-state index in [1.807, 2.05) is 0 Å². The summed E-state index contributed by atoms with van der Waals surface area (Å²) >= 11 is 0. The van der Waals surface area contributed by atoms with Crippen LogP contribution in [0.1, 0.15) is 51.4 Å². The van der Waals surface area contributed by atoms with E-state index in [1.165, 1.54) is 6.42 Å². The molecule has 1 saturated carbocycles. The topological polar surface area (TPSA) is 58.6 Å². The molecule has 0 aromatic rings. The minimum absolute atomic E-state index is 0.00624. The molecule has 3 rings (SSSR count). The van der Waals surface area contributed by atoms with E-state index in [2.05, 4.69) is 5.32 Å². The summed E-state index contributed by atoms with van der Waals surface area (Å²) in [5.41, 5.74) is 0. The maximum atomic E-state index is 12.4. The molecule has 0 aromatic carbocycles. The van der Waals surface area contributed by atoms with Crippen molar-refractivity contribution in [3.63, 3.8) is 0 Å². The lowest BCUT2D eigenvalue weighted by atomic mass is 9.94. The molecular formula is C15H24N2O3. The Balaban J connectivity index is 1.55. The molecule has 2 heterocycles. The summed E-state index contributed by atoms with van der Waals surface area (Å²) in [5.74, 6) is -0.00774. The third kappa shape index (κ3) is 2.88. The average Bonchev–Trinajstić information content (AvgIpc) is 3.06. The van der Waals surface area contributed by atoms with Gasteiger partial charge in [-0.25, -0.2) is 0 Å². The fourth-order valence-corrected chi connectivity index (χ4v) is 3.61. The summed E-state index contributed by atoms with van der Waals surface area (Å²) in [5, 5.41) is 3.24. The number of hydrogen-bond acceptors (Lipinski definition) is 4. The molecule has 3 fully saturated rings. The number of carbonyl (C=O) groups excluding carboxylic acids is 2. The molecule has 2 amide bonds. The number of nitrogens with one attached hydrogen (secondary N) is 1. The minimum Gasteiger partial charge on any atom is -0.377 e. The molecule has 0 radical (unpaired) electrons. The van der Waals surface area contributed by atoms with Crippen molar-refractivity contribution in [1.82, 2.24) is 10.2 Å². The van der Waals surface area contributed by atoms with E-state index >= 15 is 0 Å². The molecule has 0 spiro atoms.